The van der Waals surface area contributed by atoms with E-state index in [0.29, 0.717) is 18.2 Å². The lowest BCUT2D eigenvalue weighted by Gasteiger charge is -2.00. The van der Waals surface area contributed by atoms with Gasteiger partial charge in [-0.05, 0) is 15.1 Å². The maximum Gasteiger partial charge on any atom is 0.259 e. The van der Waals surface area contributed by atoms with Gasteiger partial charge in [0.15, 0.2) is 0 Å². The van der Waals surface area contributed by atoms with Crippen LogP contribution in [0.25, 0.3) is 0 Å². The predicted octanol–water partition coefficient (Wildman–Crippen LogP) is 0.713. The third-order valence-corrected chi connectivity index (χ3v) is 2.49. The minimum absolute atomic E-state index is 0.0456. The normalized spacial score (nSPS) is 13.2. The number of tetrazole rings is 1. The molecule has 2 aromatic rings. The van der Waals surface area contributed by atoms with Gasteiger partial charge in [0.25, 0.3) is 11.7 Å². The summed E-state index contributed by atoms with van der Waals surface area (Å²) in [4.78, 5) is 1.58. The van der Waals surface area contributed by atoms with E-state index in [-0.39, 0.29) is 11.8 Å². The Hall–Kier alpha value is -1.92. The van der Waals surface area contributed by atoms with E-state index in [2.05, 4.69) is 20.6 Å². The van der Waals surface area contributed by atoms with E-state index in [1.165, 1.54) is 6.07 Å². The number of aromatic amines is 1. The van der Waals surface area contributed by atoms with Crippen LogP contribution in [-0.4, -0.2) is 25.7 Å². The van der Waals surface area contributed by atoms with Gasteiger partial charge in [-0.3, -0.25) is 0 Å². The van der Waals surface area contributed by atoms with Crippen LogP contribution in [0.3, 0.4) is 0 Å². The van der Waals surface area contributed by atoms with Gasteiger partial charge in [0, 0.05) is 12.0 Å². The number of nitrogens with one attached hydrogen (secondary N) is 1. The molecule has 2 aromatic heterocycles. The van der Waals surface area contributed by atoms with Crippen molar-refractivity contribution < 1.29 is 14.4 Å². The van der Waals surface area contributed by atoms with Gasteiger partial charge in [0.05, 0.1) is 5.92 Å². The molecular weight excluding hydrogens is 222 g/mol. The van der Waals surface area contributed by atoms with E-state index in [1.807, 2.05) is 20.8 Å². The van der Waals surface area contributed by atoms with Gasteiger partial charge in [-0.15, -0.1) is 5.10 Å². The van der Waals surface area contributed by atoms with Crippen molar-refractivity contribution in [3.05, 3.63) is 17.7 Å². The quantitative estimate of drug-likeness (QED) is 0.765. The summed E-state index contributed by atoms with van der Waals surface area (Å²) in [6.07, 6.45) is 0. The van der Waals surface area contributed by atoms with Crippen molar-refractivity contribution in [1.29, 1.82) is 0 Å². The highest BCUT2D eigenvalue weighted by Gasteiger charge is 2.19. The molecule has 0 aliphatic carbocycles. The van der Waals surface area contributed by atoms with E-state index < -0.39 is 0 Å². The first-order chi connectivity index (χ1) is 8.06. The third kappa shape index (κ3) is 2.61. The zero-order valence-electron chi connectivity index (χ0n) is 10.1. The highest BCUT2D eigenvalue weighted by molar-refractivity contribution is 5.11. The molecule has 2 heterocycles. The second-order valence-corrected chi connectivity index (χ2v) is 4.40. The maximum absolute atomic E-state index is 9.10. The number of hydrogen-bond acceptors (Lipinski definition) is 5. The van der Waals surface area contributed by atoms with Crippen molar-refractivity contribution in [3.8, 4) is 5.88 Å². The Morgan fingerprint density at radius 1 is 1.47 bits per heavy atom. The fraction of sp³-hybridized carbons (Fsp3) is 0.600. The number of aromatic hydroxyl groups is 1. The first kappa shape index (κ1) is 11.6. The van der Waals surface area contributed by atoms with Crippen molar-refractivity contribution in [1.82, 2.24) is 20.6 Å². The van der Waals surface area contributed by atoms with Gasteiger partial charge in [0.2, 0.25) is 0 Å². The largest absolute Gasteiger partial charge is 0.491 e. The molecule has 0 aliphatic heterocycles. The SMILES string of the molecule is CC(C)c1n[n+](CC(C)c2cc(O)no2)n[nH]1. The summed E-state index contributed by atoms with van der Waals surface area (Å²) < 4.78 is 4.97. The van der Waals surface area contributed by atoms with Crippen LogP contribution in [-0.2, 0) is 6.54 Å². The van der Waals surface area contributed by atoms with Gasteiger partial charge >= 0.3 is 0 Å². The van der Waals surface area contributed by atoms with E-state index in [1.54, 1.807) is 4.80 Å². The van der Waals surface area contributed by atoms with Crippen molar-refractivity contribution in [3.63, 3.8) is 0 Å². The van der Waals surface area contributed by atoms with Crippen molar-refractivity contribution in [2.24, 2.45) is 0 Å². The van der Waals surface area contributed by atoms with Crippen molar-refractivity contribution in [2.45, 2.75) is 39.2 Å². The molecule has 0 spiro atoms. The summed E-state index contributed by atoms with van der Waals surface area (Å²) in [6.45, 7) is 6.61. The lowest BCUT2D eigenvalue weighted by molar-refractivity contribution is -0.807. The third-order valence-electron chi connectivity index (χ3n) is 2.49. The van der Waals surface area contributed by atoms with Gasteiger partial charge in [0.1, 0.15) is 17.5 Å². The van der Waals surface area contributed by atoms with Gasteiger partial charge in [-0.1, -0.05) is 20.8 Å². The van der Waals surface area contributed by atoms with Crippen LogP contribution >= 0.6 is 0 Å². The highest BCUT2D eigenvalue weighted by Crippen LogP contribution is 2.18. The summed E-state index contributed by atoms with van der Waals surface area (Å²) in [5.41, 5.74) is 0. The van der Waals surface area contributed by atoms with Crippen LogP contribution in [0.2, 0.25) is 0 Å². The Bertz CT molecular complexity index is 490. The van der Waals surface area contributed by atoms with Gasteiger partial charge in [-0.2, -0.15) is 0 Å². The molecule has 0 saturated carbocycles. The Balaban J connectivity index is 2.05. The average molecular weight is 238 g/mol. The molecule has 1 atom stereocenters. The fourth-order valence-corrected chi connectivity index (χ4v) is 1.45. The molecule has 7 heteroatoms. The molecule has 0 bridgehead atoms. The van der Waals surface area contributed by atoms with Crippen LogP contribution in [0.4, 0.5) is 0 Å². The smallest absolute Gasteiger partial charge is 0.259 e. The first-order valence-electron chi connectivity index (χ1n) is 5.54. The minimum atomic E-state index is -0.102. The summed E-state index contributed by atoms with van der Waals surface area (Å²) in [6, 6.07) is 1.50. The lowest BCUT2D eigenvalue weighted by atomic mass is 10.1. The zero-order valence-corrected chi connectivity index (χ0v) is 10.1. The number of rotatable bonds is 4. The Labute approximate surface area is 98.4 Å². The fourth-order valence-electron chi connectivity index (χ4n) is 1.45. The second kappa shape index (κ2) is 4.52. The summed E-state index contributed by atoms with van der Waals surface area (Å²) >= 11 is 0. The Morgan fingerprint density at radius 2 is 2.24 bits per heavy atom. The maximum atomic E-state index is 9.10. The van der Waals surface area contributed by atoms with Crippen LogP contribution in [0, 0.1) is 0 Å². The molecule has 0 amide bonds. The van der Waals surface area contributed by atoms with Gasteiger partial charge < -0.3 is 9.63 Å². The minimum Gasteiger partial charge on any atom is -0.491 e. The Morgan fingerprint density at radius 3 is 2.76 bits per heavy atom. The number of nitrogens with zero attached hydrogens (tertiary/aromatic N) is 4. The van der Waals surface area contributed by atoms with E-state index in [0.717, 1.165) is 5.82 Å². The van der Waals surface area contributed by atoms with E-state index in [4.69, 9.17) is 9.63 Å². The molecule has 1 unspecified atom stereocenters. The van der Waals surface area contributed by atoms with E-state index >= 15 is 0 Å². The van der Waals surface area contributed by atoms with Crippen molar-refractivity contribution in [2.75, 3.05) is 0 Å². The zero-order chi connectivity index (χ0) is 12.4. The van der Waals surface area contributed by atoms with Crippen LogP contribution in [0.15, 0.2) is 10.6 Å². The number of hydrogen-bond donors (Lipinski definition) is 2. The van der Waals surface area contributed by atoms with Gasteiger partial charge in [-0.25, -0.2) is 0 Å². The predicted molar refractivity (Wildman–Crippen MR) is 57.2 cm³/mol. The highest BCUT2D eigenvalue weighted by atomic mass is 16.5. The molecule has 0 radical (unpaired) electrons. The number of H-pyrrole nitrogens is 1. The molecule has 0 aromatic carbocycles. The summed E-state index contributed by atoms with van der Waals surface area (Å²) in [5.74, 6) is 1.72. The second-order valence-electron chi connectivity index (χ2n) is 4.40. The topological polar surface area (TPSA) is 91.7 Å². The average Bonchev–Trinajstić information content (AvgIpc) is 2.86. The molecule has 92 valence electrons. The molecule has 2 N–H and O–H groups in total. The molecule has 7 nitrogen and oxygen atoms in total. The van der Waals surface area contributed by atoms with E-state index in [9.17, 15) is 0 Å². The lowest BCUT2D eigenvalue weighted by Crippen LogP contribution is -2.41. The van der Waals surface area contributed by atoms with Crippen LogP contribution in [0.5, 0.6) is 5.88 Å². The van der Waals surface area contributed by atoms with Crippen LogP contribution < -0.4 is 4.80 Å². The molecule has 0 saturated heterocycles. The summed E-state index contributed by atoms with van der Waals surface area (Å²) in [5, 5.41) is 23.8. The molecule has 2 rings (SSSR count). The molecule has 17 heavy (non-hydrogen) atoms. The van der Waals surface area contributed by atoms with Crippen molar-refractivity contribution >= 4 is 0 Å². The molecule has 0 aliphatic rings. The Kier molecular flexibility index (Phi) is 3.08. The first-order valence-corrected chi connectivity index (χ1v) is 5.54. The molecular formula is C10H16N5O2+. The number of aromatic nitrogens is 5. The summed E-state index contributed by atoms with van der Waals surface area (Å²) in [7, 11) is 0. The monoisotopic (exact) mass is 238 g/mol. The van der Waals surface area contributed by atoms with Crippen LogP contribution in [0.1, 0.15) is 44.2 Å². The molecule has 0 fully saturated rings. The standard InChI is InChI=1S/C10H15N5O2/c1-6(2)10-11-14-15(12-10)5-7(3)8-4-9(16)13-17-8/h4,6-7H,5H2,1-3H3,(H,13,16)/p+1.